The van der Waals surface area contributed by atoms with E-state index in [4.69, 9.17) is 0 Å². The van der Waals surface area contributed by atoms with E-state index in [1.54, 1.807) is 0 Å². The van der Waals surface area contributed by atoms with Gasteiger partial charge < -0.3 is 10.2 Å². The van der Waals surface area contributed by atoms with Gasteiger partial charge >= 0.3 is 0 Å². The van der Waals surface area contributed by atoms with Gasteiger partial charge in [-0.3, -0.25) is 4.79 Å². The molecule has 0 fully saturated rings. The smallest absolute Gasteiger partial charge is 0.237 e. The highest BCUT2D eigenvalue weighted by Gasteiger charge is 2.21. The fourth-order valence-corrected chi connectivity index (χ4v) is 1.99. The molecule has 0 radical (unpaired) electrons. The molecule has 1 heterocycles. The van der Waals surface area contributed by atoms with Gasteiger partial charge in [-0.1, -0.05) is 31.2 Å². The minimum Gasteiger partial charge on any atom is -0.333 e. The van der Waals surface area contributed by atoms with Gasteiger partial charge in [-0.05, 0) is 24.1 Å². The molecule has 0 aromatic heterocycles. The summed E-state index contributed by atoms with van der Waals surface area (Å²) in [6.45, 7) is 5.00. The summed E-state index contributed by atoms with van der Waals surface area (Å²) in [4.78, 5) is 13.8. The summed E-state index contributed by atoms with van der Waals surface area (Å²) in [5.41, 5.74) is 2.57. The molecule has 0 unspecified atom stereocenters. The molecule has 1 aliphatic rings. The van der Waals surface area contributed by atoms with E-state index in [1.807, 2.05) is 17.0 Å². The maximum Gasteiger partial charge on any atom is 0.237 e. The SMILES string of the molecule is CCCNCC(=O)N1Cc2ccccc2C1. The summed E-state index contributed by atoms with van der Waals surface area (Å²) in [6.07, 6.45) is 1.06. The van der Waals surface area contributed by atoms with Crippen LogP contribution in [0.5, 0.6) is 0 Å². The molecule has 0 saturated heterocycles. The first-order valence-corrected chi connectivity index (χ1v) is 5.86. The lowest BCUT2D eigenvalue weighted by Gasteiger charge is -2.15. The molecule has 3 heteroatoms. The highest BCUT2D eigenvalue weighted by atomic mass is 16.2. The molecular formula is C13H18N2O. The Morgan fingerprint density at radius 1 is 1.31 bits per heavy atom. The van der Waals surface area contributed by atoms with E-state index in [1.165, 1.54) is 11.1 Å². The van der Waals surface area contributed by atoms with Gasteiger partial charge in [0.15, 0.2) is 0 Å². The summed E-state index contributed by atoms with van der Waals surface area (Å²) in [5.74, 6) is 0.199. The predicted octanol–water partition coefficient (Wildman–Crippen LogP) is 1.53. The molecule has 2 rings (SSSR count). The van der Waals surface area contributed by atoms with Gasteiger partial charge in [-0.2, -0.15) is 0 Å². The minimum atomic E-state index is 0.199. The number of carbonyl (C=O) groups is 1. The highest BCUT2D eigenvalue weighted by molar-refractivity contribution is 5.79. The number of hydrogen-bond donors (Lipinski definition) is 1. The average molecular weight is 218 g/mol. The number of nitrogens with one attached hydrogen (secondary N) is 1. The van der Waals surface area contributed by atoms with Crippen molar-refractivity contribution in [2.24, 2.45) is 0 Å². The molecule has 16 heavy (non-hydrogen) atoms. The summed E-state index contributed by atoms with van der Waals surface area (Å²) in [5, 5.41) is 3.15. The topological polar surface area (TPSA) is 32.3 Å². The Labute approximate surface area is 96.5 Å². The third kappa shape index (κ3) is 2.42. The van der Waals surface area contributed by atoms with Crippen LogP contribution in [-0.4, -0.2) is 23.9 Å². The molecular weight excluding hydrogens is 200 g/mol. The maximum atomic E-state index is 11.9. The Hall–Kier alpha value is -1.35. The lowest BCUT2D eigenvalue weighted by atomic mass is 10.1. The van der Waals surface area contributed by atoms with Gasteiger partial charge in [-0.25, -0.2) is 0 Å². The van der Waals surface area contributed by atoms with Gasteiger partial charge in [0.1, 0.15) is 0 Å². The first-order chi connectivity index (χ1) is 7.81. The van der Waals surface area contributed by atoms with Gasteiger partial charge in [0.2, 0.25) is 5.91 Å². The molecule has 1 aromatic carbocycles. The van der Waals surface area contributed by atoms with Crippen molar-refractivity contribution in [3.8, 4) is 0 Å². The molecule has 1 N–H and O–H groups in total. The summed E-state index contributed by atoms with van der Waals surface area (Å²) >= 11 is 0. The number of rotatable bonds is 4. The van der Waals surface area contributed by atoms with Crippen LogP contribution in [0.25, 0.3) is 0 Å². The zero-order chi connectivity index (χ0) is 11.4. The lowest BCUT2D eigenvalue weighted by Crippen LogP contribution is -2.35. The highest BCUT2D eigenvalue weighted by Crippen LogP contribution is 2.21. The van der Waals surface area contributed by atoms with E-state index in [-0.39, 0.29) is 5.91 Å². The van der Waals surface area contributed by atoms with E-state index in [0.29, 0.717) is 6.54 Å². The zero-order valence-electron chi connectivity index (χ0n) is 9.70. The molecule has 0 aliphatic carbocycles. The number of carbonyl (C=O) groups excluding carboxylic acids is 1. The van der Waals surface area contributed by atoms with E-state index < -0.39 is 0 Å². The van der Waals surface area contributed by atoms with Crippen LogP contribution in [-0.2, 0) is 17.9 Å². The fraction of sp³-hybridized carbons (Fsp3) is 0.462. The van der Waals surface area contributed by atoms with Crippen molar-refractivity contribution in [3.63, 3.8) is 0 Å². The van der Waals surface area contributed by atoms with Crippen LogP contribution in [0.15, 0.2) is 24.3 Å². The predicted molar refractivity (Wildman–Crippen MR) is 63.9 cm³/mol. The van der Waals surface area contributed by atoms with Gasteiger partial charge in [-0.15, -0.1) is 0 Å². The van der Waals surface area contributed by atoms with Crippen LogP contribution >= 0.6 is 0 Å². The molecule has 86 valence electrons. The number of amides is 1. The average Bonchev–Trinajstić information content (AvgIpc) is 2.73. The monoisotopic (exact) mass is 218 g/mol. The molecule has 0 atom stereocenters. The number of fused-ring (bicyclic) bond motifs is 1. The van der Waals surface area contributed by atoms with E-state index in [2.05, 4.69) is 24.4 Å². The third-order valence-electron chi connectivity index (χ3n) is 2.90. The zero-order valence-corrected chi connectivity index (χ0v) is 9.70. The van der Waals surface area contributed by atoms with Crippen molar-refractivity contribution in [3.05, 3.63) is 35.4 Å². The summed E-state index contributed by atoms with van der Waals surface area (Å²) in [7, 11) is 0. The van der Waals surface area contributed by atoms with Gasteiger partial charge in [0.25, 0.3) is 0 Å². The lowest BCUT2D eigenvalue weighted by molar-refractivity contribution is -0.130. The Kier molecular flexibility index (Phi) is 3.57. The van der Waals surface area contributed by atoms with E-state index in [9.17, 15) is 4.79 Å². The second-order valence-corrected chi connectivity index (χ2v) is 4.20. The summed E-state index contributed by atoms with van der Waals surface area (Å²) < 4.78 is 0. The van der Waals surface area contributed by atoms with Crippen LogP contribution in [0.4, 0.5) is 0 Å². The molecule has 3 nitrogen and oxygen atoms in total. The van der Waals surface area contributed by atoms with Crippen LogP contribution in [0, 0.1) is 0 Å². The van der Waals surface area contributed by atoms with Crippen molar-refractivity contribution in [2.75, 3.05) is 13.1 Å². The van der Waals surface area contributed by atoms with Crippen molar-refractivity contribution >= 4 is 5.91 Å². The first kappa shape index (κ1) is 11.1. The normalized spacial score (nSPS) is 13.9. The van der Waals surface area contributed by atoms with Crippen LogP contribution in [0.2, 0.25) is 0 Å². The van der Waals surface area contributed by atoms with Crippen molar-refractivity contribution in [1.82, 2.24) is 10.2 Å². The number of nitrogens with zero attached hydrogens (tertiary/aromatic N) is 1. The molecule has 1 aliphatic heterocycles. The Morgan fingerprint density at radius 2 is 1.94 bits per heavy atom. The summed E-state index contributed by atoms with van der Waals surface area (Å²) in [6, 6.07) is 8.26. The van der Waals surface area contributed by atoms with Crippen molar-refractivity contribution in [1.29, 1.82) is 0 Å². The molecule has 0 spiro atoms. The molecule has 0 saturated carbocycles. The van der Waals surface area contributed by atoms with E-state index in [0.717, 1.165) is 26.1 Å². The number of hydrogen-bond acceptors (Lipinski definition) is 2. The van der Waals surface area contributed by atoms with Crippen molar-refractivity contribution < 1.29 is 4.79 Å². The Bertz CT molecular complexity index is 351. The molecule has 1 amide bonds. The Balaban J connectivity index is 1.88. The second kappa shape index (κ2) is 5.12. The quantitative estimate of drug-likeness (QED) is 0.777. The van der Waals surface area contributed by atoms with Gasteiger partial charge in [0.05, 0.1) is 6.54 Å². The minimum absolute atomic E-state index is 0.199. The third-order valence-corrected chi connectivity index (χ3v) is 2.90. The fourth-order valence-electron chi connectivity index (χ4n) is 1.99. The van der Waals surface area contributed by atoms with E-state index >= 15 is 0 Å². The molecule has 0 bridgehead atoms. The van der Waals surface area contributed by atoms with Crippen molar-refractivity contribution in [2.45, 2.75) is 26.4 Å². The van der Waals surface area contributed by atoms with Crippen LogP contribution in [0.3, 0.4) is 0 Å². The maximum absolute atomic E-state index is 11.9. The standard InChI is InChI=1S/C13H18N2O/c1-2-7-14-8-13(16)15-9-11-5-3-4-6-12(11)10-15/h3-6,14H,2,7-10H2,1H3. The largest absolute Gasteiger partial charge is 0.333 e. The first-order valence-electron chi connectivity index (χ1n) is 5.86. The molecule has 1 aromatic rings. The van der Waals surface area contributed by atoms with Gasteiger partial charge in [0, 0.05) is 13.1 Å². The Morgan fingerprint density at radius 3 is 2.50 bits per heavy atom. The second-order valence-electron chi connectivity index (χ2n) is 4.20. The number of benzene rings is 1. The van der Waals surface area contributed by atoms with Crippen LogP contribution in [0.1, 0.15) is 24.5 Å². The van der Waals surface area contributed by atoms with Crippen LogP contribution < -0.4 is 5.32 Å².